The Kier molecular flexibility index (Phi) is 34.7. The number of Topliss-reactive ketones (excluding diaryl/α,β-unsaturated/α-hetero) is 4. The van der Waals surface area contributed by atoms with Gasteiger partial charge in [-0.25, -0.2) is 18.7 Å². The molecule has 0 unspecified atom stereocenters. The van der Waals surface area contributed by atoms with Crippen LogP contribution in [0.1, 0.15) is 169 Å². The van der Waals surface area contributed by atoms with Crippen molar-refractivity contribution in [3.8, 4) is 46.3 Å². The molecule has 0 bridgehead atoms. The van der Waals surface area contributed by atoms with Crippen LogP contribution in [0, 0.1) is 55.4 Å². The third-order valence-corrected chi connectivity index (χ3v) is 11.8. The normalized spacial score (nSPS) is 10.0. The Hall–Kier alpha value is -6.80. The summed E-state index contributed by atoms with van der Waals surface area (Å²) < 4.78 is 4.70. The van der Waals surface area contributed by atoms with Gasteiger partial charge in [0.2, 0.25) is 0 Å². The maximum Gasteiger partial charge on any atom is 4.00 e. The molecule has 0 N–H and O–H groups in total. The summed E-state index contributed by atoms with van der Waals surface area (Å²) >= 11 is 0. The molecule has 8 aromatic rings. The summed E-state index contributed by atoms with van der Waals surface area (Å²) in [5.74, 6) is -4.03. The van der Waals surface area contributed by atoms with Gasteiger partial charge in [0.1, 0.15) is 0 Å². The minimum atomic E-state index is -0.524. The van der Waals surface area contributed by atoms with Gasteiger partial charge < -0.3 is 48.1 Å². The predicted octanol–water partition coefficient (Wildman–Crippen LogP) is 11.1. The molecule has 0 saturated carbocycles. The fraction of sp³-hybridized carbons (Fsp3) is 0.312. The quantitative estimate of drug-likeness (QED) is 0.0443. The summed E-state index contributed by atoms with van der Waals surface area (Å²) in [4.78, 5) is 51.0. The molecule has 0 amide bonds. The number of unbranched alkanes of at least 4 members (excludes halogenated alkanes) is 4. The van der Waals surface area contributed by atoms with Gasteiger partial charge in [0.25, 0.3) is 0 Å². The Morgan fingerprint density at radius 2 is 0.488 bits per heavy atom. The molecule has 0 spiro atoms. The molecule has 4 aromatic carbocycles. The molecule has 0 aliphatic rings. The molecule has 0 atom stereocenters. The fourth-order valence-electron chi connectivity index (χ4n) is 7.24. The third-order valence-electron chi connectivity index (χ3n) is 11.8. The van der Waals surface area contributed by atoms with Crippen LogP contribution >= 0.6 is 0 Å². The first-order chi connectivity index (χ1) is 38.4. The zero-order chi connectivity index (χ0) is 59.3. The van der Waals surface area contributed by atoms with Crippen LogP contribution in [0.15, 0.2) is 121 Å². The van der Waals surface area contributed by atoms with E-state index < -0.39 is 46.7 Å². The van der Waals surface area contributed by atoms with E-state index in [-0.39, 0.29) is 95.8 Å². The van der Waals surface area contributed by atoms with Gasteiger partial charge in [-0.05, 0) is 76.2 Å². The van der Waals surface area contributed by atoms with E-state index in [9.17, 15) is 39.6 Å². The van der Waals surface area contributed by atoms with Crippen molar-refractivity contribution >= 4 is 70.9 Å². The van der Waals surface area contributed by atoms with Crippen molar-refractivity contribution in [3.63, 3.8) is 0 Å². The molecule has 0 aliphatic carbocycles. The fourth-order valence-corrected chi connectivity index (χ4v) is 7.24. The number of benzene rings is 4. The number of carbonyl (C=O) groups is 4. The summed E-state index contributed by atoms with van der Waals surface area (Å²) in [7, 11) is 0. The van der Waals surface area contributed by atoms with Crippen LogP contribution in [0.2, 0.25) is 0 Å². The minimum absolute atomic E-state index is 0. The van der Waals surface area contributed by atoms with Gasteiger partial charge in [0, 0.05) is 49.2 Å². The van der Waals surface area contributed by atoms with Crippen LogP contribution < -0.4 is 20.4 Å². The van der Waals surface area contributed by atoms with Crippen molar-refractivity contribution in [2.75, 3.05) is 0 Å². The smallest absolute Gasteiger partial charge is 0.858 e. The molecule has 0 radical (unpaired) electrons. The number of nitrogens with zero attached hydrogens (tertiary/aromatic N) is 8. The molecule has 4 heterocycles. The van der Waals surface area contributed by atoms with E-state index >= 15 is 0 Å². The number of rotatable bonds is 18. The van der Waals surface area contributed by atoms with Crippen molar-refractivity contribution in [2.24, 2.45) is 0 Å². The number of para-hydroxylation sites is 4. The molecule has 8 rings (SSSR count). The average Bonchev–Trinajstić information content (AvgIpc) is 4.22. The summed E-state index contributed by atoms with van der Waals surface area (Å²) in [6.07, 6.45) is 8.30. The van der Waals surface area contributed by atoms with E-state index in [0.717, 1.165) is 25.7 Å². The molecule has 0 aliphatic heterocycles. The van der Waals surface area contributed by atoms with Gasteiger partial charge in [-0.15, -0.1) is 0 Å². The van der Waals surface area contributed by atoms with E-state index in [4.69, 9.17) is 0 Å². The third kappa shape index (κ3) is 20.9. The Morgan fingerprint density at radius 1 is 0.341 bits per heavy atom. The van der Waals surface area contributed by atoms with Gasteiger partial charge in [-0.3, -0.25) is 19.2 Å². The van der Waals surface area contributed by atoms with Crippen molar-refractivity contribution in [1.29, 1.82) is 0 Å². The standard InChI is InChI=1S/2C24H22N4O4.4C4H9.2Sn/c2*1-15-21(23(31)27(25-15)17-9-5-3-6-10-17)19(29)13-14-20(30)22-16(2)26-28(24(22)32)18-11-7-4-8-12-18;4*1-3-4-2;;/h2*3-12,31-32H,13-14H2,1-2H3;4*1,3-4H2,2H3;;/q;;4*-1;2*+4/p-4. The second-order valence-corrected chi connectivity index (χ2v) is 18.2. The number of ketones is 4. The molecule has 82 heavy (non-hydrogen) atoms. The van der Waals surface area contributed by atoms with Gasteiger partial charge >= 0.3 is 47.8 Å². The Balaban J connectivity index is 0.000000637. The first-order valence-corrected chi connectivity index (χ1v) is 27.0. The number of aryl methyl sites for hydroxylation is 4. The van der Waals surface area contributed by atoms with Gasteiger partial charge in [-0.1, -0.05) is 126 Å². The molecule has 16 nitrogen and oxygen atoms in total. The topological polar surface area (TPSA) is 232 Å². The van der Waals surface area contributed by atoms with Crippen molar-refractivity contribution in [3.05, 3.63) is 194 Å². The first kappa shape index (κ1) is 73.2. The Labute approximate surface area is 518 Å². The van der Waals surface area contributed by atoms with Crippen LogP contribution in [0.25, 0.3) is 22.7 Å². The van der Waals surface area contributed by atoms with Crippen LogP contribution in [-0.2, 0) is 0 Å². The zero-order valence-corrected chi connectivity index (χ0v) is 54.4. The SMILES string of the molecule is Cc1nn(-c2ccccc2)c([O-])c1C(=O)CCC(=O)c1c(C)nn(-c2ccccc2)c1[O-].Cc1nn(-c2ccccc2)c([O-])c1C(=O)CCC(=O)c1c(C)nn(-c2ccccc2)c1[O-].[CH2-]CCC.[CH2-]CCC.[CH2-]CCC.[CH2-]CCC.[Sn+4].[Sn+4]. The second-order valence-electron chi connectivity index (χ2n) is 18.2. The number of carbonyl (C=O) groups excluding carboxylic acids is 4. The monoisotopic (exact) mass is 1320 g/mol. The van der Waals surface area contributed by atoms with Gasteiger partial charge in [0.05, 0.1) is 67.8 Å². The molecular weight excluding hydrogens is 1250 g/mol. The van der Waals surface area contributed by atoms with Gasteiger partial charge in [-0.2, -0.15) is 46.1 Å². The summed E-state index contributed by atoms with van der Waals surface area (Å²) in [6, 6.07) is 35.1. The minimum Gasteiger partial charge on any atom is -0.858 e. The number of hydrogen-bond acceptors (Lipinski definition) is 12. The van der Waals surface area contributed by atoms with E-state index in [1.54, 1.807) is 125 Å². The molecule has 4 aromatic heterocycles. The molecule has 18 heteroatoms. The van der Waals surface area contributed by atoms with Crippen LogP contribution in [0.4, 0.5) is 0 Å². The van der Waals surface area contributed by atoms with Crippen molar-refractivity contribution < 1.29 is 39.6 Å². The first-order valence-electron chi connectivity index (χ1n) is 27.0. The van der Waals surface area contributed by atoms with E-state index in [1.165, 1.54) is 44.4 Å². The summed E-state index contributed by atoms with van der Waals surface area (Å²) in [6.45, 7) is 29.2. The summed E-state index contributed by atoms with van der Waals surface area (Å²) in [5, 5.41) is 67.7. The van der Waals surface area contributed by atoms with E-state index in [0.29, 0.717) is 45.5 Å². The predicted molar refractivity (Wildman–Crippen MR) is 319 cm³/mol. The largest absolute Gasteiger partial charge is 4.00 e. The maximum absolute atomic E-state index is 12.8. The van der Waals surface area contributed by atoms with Crippen LogP contribution in [0.5, 0.6) is 23.5 Å². The molecular formula is C64H76N8O8Sn2. The Morgan fingerprint density at radius 3 is 0.622 bits per heavy atom. The van der Waals surface area contributed by atoms with E-state index in [2.05, 4.69) is 75.8 Å². The van der Waals surface area contributed by atoms with Gasteiger partial charge in [0.15, 0.2) is 23.1 Å². The zero-order valence-electron chi connectivity index (χ0n) is 48.7. The van der Waals surface area contributed by atoms with Crippen LogP contribution in [0.3, 0.4) is 0 Å². The maximum atomic E-state index is 12.8. The summed E-state index contributed by atoms with van der Waals surface area (Å²) in [5.41, 5.74) is 3.24. The second kappa shape index (κ2) is 38.8. The van der Waals surface area contributed by atoms with Crippen molar-refractivity contribution in [2.45, 2.75) is 132 Å². The van der Waals surface area contributed by atoms with E-state index in [1.807, 2.05) is 24.3 Å². The average molecular weight is 1320 g/mol. The van der Waals surface area contributed by atoms with Crippen LogP contribution in [-0.4, -0.2) is 110 Å². The molecule has 0 saturated heterocycles. The Bertz CT molecular complexity index is 2720. The number of hydrogen-bond donors (Lipinski definition) is 0. The molecule has 428 valence electrons. The van der Waals surface area contributed by atoms with Crippen molar-refractivity contribution in [1.82, 2.24) is 39.1 Å². The number of aromatic nitrogens is 8. The molecule has 0 fully saturated rings.